The van der Waals surface area contributed by atoms with Gasteiger partial charge in [0.2, 0.25) is 0 Å². The fourth-order valence-electron chi connectivity index (χ4n) is 2.92. The van der Waals surface area contributed by atoms with Gasteiger partial charge in [0.1, 0.15) is 5.75 Å². The molecule has 2 aromatic carbocycles. The quantitative estimate of drug-likeness (QED) is 0.402. The number of halogens is 1. The van der Waals surface area contributed by atoms with Crippen molar-refractivity contribution in [3.8, 4) is 5.75 Å². The van der Waals surface area contributed by atoms with Crippen molar-refractivity contribution in [2.24, 2.45) is 0 Å². The Kier molecular flexibility index (Phi) is 9.46. The van der Waals surface area contributed by atoms with Crippen molar-refractivity contribution in [1.82, 2.24) is 4.90 Å². The molecule has 0 fully saturated rings. The SMILES string of the molecule is CC(C)N(C)CCCCCCOc1ccc(N(C)S(=O)(=O)c2ccc(Cl)cc2)cc1. The molecule has 0 saturated heterocycles. The van der Waals surface area contributed by atoms with Crippen LogP contribution in [0.4, 0.5) is 5.69 Å². The van der Waals surface area contributed by atoms with Gasteiger partial charge in [-0.1, -0.05) is 24.4 Å². The van der Waals surface area contributed by atoms with E-state index in [4.69, 9.17) is 16.3 Å². The lowest BCUT2D eigenvalue weighted by Crippen LogP contribution is -2.27. The van der Waals surface area contributed by atoms with E-state index in [1.54, 1.807) is 36.4 Å². The first-order valence-electron chi connectivity index (χ1n) is 10.4. The van der Waals surface area contributed by atoms with Crippen molar-refractivity contribution < 1.29 is 13.2 Å². The molecule has 2 aromatic rings. The van der Waals surface area contributed by atoms with E-state index in [0.717, 1.165) is 25.1 Å². The molecule has 7 heteroatoms. The Morgan fingerprint density at radius 1 is 0.900 bits per heavy atom. The van der Waals surface area contributed by atoms with Gasteiger partial charge >= 0.3 is 0 Å². The summed E-state index contributed by atoms with van der Waals surface area (Å²) in [5.41, 5.74) is 0.576. The molecule has 0 heterocycles. The molecule has 0 unspecified atom stereocenters. The third kappa shape index (κ3) is 7.18. The molecule has 0 aliphatic heterocycles. The molecule has 0 aliphatic carbocycles. The number of hydrogen-bond acceptors (Lipinski definition) is 4. The Morgan fingerprint density at radius 2 is 1.50 bits per heavy atom. The molecule has 30 heavy (non-hydrogen) atoms. The maximum Gasteiger partial charge on any atom is 0.264 e. The van der Waals surface area contributed by atoms with Crippen molar-refractivity contribution in [1.29, 1.82) is 0 Å². The highest BCUT2D eigenvalue weighted by Gasteiger charge is 2.21. The minimum atomic E-state index is -3.63. The van der Waals surface area contributed by atoms with Gasteiger partial charge in [0.05, 0.1) is 17.2 Å². The van der Waals surface area contributed by atoms with Crippen molar-refractivity contribution in [2.45, 2.75) is 50.5 Å². The second-order valence-electron chi connectivity index (χ2n) is 7.76. The Labute approximate surface area is 186 Å². The Balaban J connectivity index is 1.78. The summed E-state index contributed by atoms with van der Waals surface area (Å²) in [6.07, 6.45) is 4.56. The number of nitrogens with zero attached hydrogens (tertiary/aromatic N) is 2. The first-order chi connectivity index (χ1) is 14.2. The molecule has 0 atom stereocenters. The zero-order chi connectivity index (χ0) is 22.1. The van der Waals surface area contributed by atoms with E-state index in [0.29, 0.717) is 23.4 Å². The van der Waals surface area contributed by atoms with Crippen molar-refractivity contribution in [3.63, 3.8) is 0 Å². The number of rotatable bonds is 12. The van der Waals surface area contributed by atoms with Crippen molar-refractivity contribution in [3.05, 3.63) is 53.6 Å². The van der Waals surface area contributed by atoms with Gasteiger partial charge in [0, 0.05) is 18.1 Å². The van der Waals surface area contributed by atoms with E-state index in [1.165, 1.54) is 36.3 Å². The highest BCUT2D eigenvalue weighted by molar-refractivity contribution is 7.92. The number of unbranched alkanes of at least 4 members (excludes halogenated alkanes) is 3. The molecule has 166 valence electrons. The number of anilines is 1. The van der Waals surface area contributed by atoms with E-state index < -0.39 is 10.0 Å². The Morgan fingerprint density at radius 3 is 2.10 bits per heavy atom. The molecular formula is C23H33ClN2O3S. The highest BCUT2D eigenvalue weighted by Crippen LogP contribution is 2.25. The second kappa shape index (κ2) is 11.6. The second-order valence-corrected chi connectivity index (χ2v) is 10.2. The summed E-state index contributed by atoms with van der Waals surface area (Å²) in [5.74, 6) is 0.746. The van der Waals surface area contributed by atoms with Crippen LogP contribution in [0.2, 0.25) is 5.02 Å². The number of benzene rings is 2. The summed E-state index contributed by atoms with van der Waals surface area (Å²) in [5, 5.41) is 0.501. The van der Waals surface area contributed by atoms with Crippen LogP contribution in [0.1, 0.15) is 39.5 Å². The van der Waals surface area contributed by atoms with Crippen LogP contribution in [0.5, 0.6) is 5.75 Å². The minimum Gasteiger partial charge on any atom is -0.494 e. The molecule has 2 rings (SSSR count). The average molecular weight is 453 g/mol. The van der Waals surface area contributed by atoms with Crippen molar-refractivity contribution in [2.75, 3.05) is 31.6 Å². The number of ether oxygens (including phenoxy) is 1. The largest absolute Gasteiger partial charge is 0.494 e. The summed E-state index contributed by atoms with van der Waals surface area (Å²) in [7, 11) is 0.0678. The fourth-order valence-corrected chi connectivity index (χ4v) is 4.24. The van der Waals surface area contributed by atoms with Gasteiger partial charge in [0.15, 0.2) is 0 Å². The smallest absolute Gasteiger partial charge is 0.264 e. The molecule has 0 bridgehead atoms. The molecule has 5 nitrogen and oxygen atoms in total. The zero-order valence-corrected chi connectivity index (χ0v) is 19.9. The standard InChI is InChI=1S/C23H33ClN2O3S/c1-19(2)25(3)17-7-5-6-8-18-29-22-13-11-21(12-14-22)26(4)30(27,28)23-15-9-20(24)10-16-23/h9-16,19H,5-8,17-18H2,1-4H3. The Bertz CT molecular complexity index is 868. The van der Waals surface area contributed by atoms with Gasteiger partial charge < -0.3 is 9.64 Å². The monoisotopic (exact) mass is 452 g/mol. The van der Waals surface area contributed by atoms with Crippen LogP contribution in [-0.2, 0) is 10.0 Å². The highest BCUT2D eigenvalue weighted by atomic mass is 35.5. The van der Waals surface area contributed by atoms with Crippen LogP contribution in [0.3, 0.4) is 0 Å². The van der Waals surface area contributed by atoms with Gasteiger partial charge in [-0.05, 0) is 88.8 Å². The lowest BCUT2D eigenvalue weighted by Gasteiger charge is -2.20. The number of sulfonamides is 1. The van der Waals surface area contributed by atoms with Gasteiger partial charge in [-0.3, -0.25) is 4.31 Å². The van der Waals surface area contributed by atoms with Crippen LogP contribution in [-0.4, -0.2) is 46.6 Å². The lowest BCUT2D eigenvalue weighted by atomic mass is 10.2. The average Bonchev–Trinajstić information content (AvgIpc) is 2.73. The van der Waals surface area contributed by atoms with Gasteiger partial charge in [0.25, 0.3) is 10.0 Å². The molecule has 0 saturated carbocycles. The zero-order valence-electron chi connectivity index (χ0n) is 18.3. The minimum absolute atomic E-state index is 0.203. The van der Waals surface area contributed by atoms with Crippen LogP contribution in [0.15, 0.2) is 53.4 Å². The van der Waals surface area contributed by atoms with E-state index in [2.05, 4.69) is 25.8 Å². The lowest BCUT2D eigenvalue weighted by molar-refractivity contribution is 0.263. The maximum absolute atomic E-state index is 12.8. The summed E-state index contributed by atoms with van der Waals surface area (Å²) in [6.45, 7) is 6.22. The maximum atomic E-state index is 12.8. The van der Waals surface area contributed by atoms with E-state index >= 15 is 0 Å². The topological polar surface area (TPSA) is 49.9 Å². The molecule has 0 amide bonds. The normalized spacial score (nSPS) is 11.8. The fraction of sp³-hybridized carbons (Fsp3) is 0.478. The molecule has 0 N–H and O–H groups in total. The van der Waals surface area contributed by atoms with Crippen LogP contribution < -0.4 is 9.04 Å². The summed E-state index contributed by atoms with van der Waals surface area (Å²) < 4.78 is 32.6. The summed E-state index contributed by atoms with van der Waals surface area (Å²) in [4.78, 5) is 2.57. The summed E-state index contributed by atoms with van der Waals surface area (Å²) in [6, 6.07) is 13.9. The van der Waals surface area contributed by atoms with Crippen LogP contribution in [0.25, 0.3) is 0 Å². The molecule has 0 radical (unpaired) electrons. The van der Waals surface area contributed by atoms with Gasteiger partial charge in [-0.2, -0.15) is 0 Å². The predicted octanol–water partition coefficient (Wildman–Crippen LogP) is 5.44. The Hall–Kier alpha value is -1.76. The van der Waals surface area contributed by atoms with Crippen molar-refractivity contribution >= 4 is 27.3 Å². The van der Waals surface area contributed by atoms with Crippen LogP contribution >= 0.6 is 11.6 Å². The third-order valence-electron chi connectivity index (χ3n) is 5.23. The van der Waals surface area contributed by atoms with E-state index in [1.807, 2.05) is 0 Å². The molecule has 0 aliphatic rings. The predicted molar refractivity (Wildman–Crippen MR) is 125 cm³/mol. The van der Waals surface area contributed by atoms with E-state index in [9.17, 15) is 8.42 Å². The summed E-state index contributed by atoms with van der Waals surface area (Å²) >= 11 is 5.85. The first kappa shape index (κ1) is 24.5. The van der Waals surface area contributed by atoms with Gasteiger partial charge in [-0.15, -0.1) is 0 Å². The molecule has 0 aromatic heterocycles. The van der Waals surface area contributed by atoms with Gasteiger partial charge in [-0.25, -0.2) is 8.42 Å². The number of hydrogen-bond donors (Lipinski definition) is 0. The first-order valence-corrected chi connectivity index (χ1v) is 12.2. The molecule has 0 spiro atoms. The van der Waals surface area contributed by atoms with Crippen LogP contribution in [0, 0.1) is 0 Å². The van der Waals surface area contributed by atoms with E-state index in [-0.39, 0.29) is 4.90 Å². The molecular weight excluding hydrogens is 420 g/mol. The third-order valence-corrected chi connectivity index (χ3v) is 7.28.